The van der Waals surface area contributed by atoms with Crippen LogP contribution in [-0.2, 0) is 33.0 Å². The number of amides is 1. The Bertz CT molecular complexity index is 1010. The lowest BCUT2D eigenvalue weighted by atomic mass is 10.1. The van der Waals surface area contributed by atoms with Gasteiger partial charge in [-0.2, -0.15) is 5.10 Å². The van der Waals surface area contributed by atoms with Crippen molar-refractivity contribution in [3.63, 3.8) is 0 Å². The van der Waals surface area contributed by atoms with Crippen LogP contribution in [0.5, 0.6) is 5.75 Å². The summed E-state index contributed by atoms with van der Waals surface area (Å²) in [6.45, 7) is 3.05. The molecule has 2 aromatic heterocycles. The van der Waals surface area contributed by atoms with Gasteiger partial charge < -0.3 is 9.64 Å². The quantitative estimate of drug-likeness (QED) is 0.630. The highest BCUT2D eigenvalue weighted by molar-refractivity contribution is 7.12. The van der Waals surface area contributed by atoms with E-state index in [0.717, 1.165) is 33.9 Å². The van der Waals surface area contributed by atoms with Gasteiger partial charge in [-0.1, -0.05) is 6.07 Å². The van der Waals surface area contributed by atoms with Crippen molar-refractivity contribution in [2.45, 2.75) is 39.3 Å². The van der Waals surface area contributed by atoms with Gasteiger partial charge in [-0.05, 0) is 60.9 Å². The number of carbonyl (C=O) groups excluding carboxylic acids is 1. The summed E-state index contributed by atoms with van der Waals surface area (Å²) in [6, 6.07) is 8.32. The maximum Gasteiger partial charge on any atom is 0.263 e. The first kappa shape index (κ1) is 18.7. The summed E-state index contributed by atoms with van der Waals surface area (Å²) in [5.74, 6) is 0.931. The van der Waals surface area contributed by atoms with Crippen LogP contribution in [0.15, 0.2) is 35.8 Å². The molecule has 0 bridgehead atoms. The van der Waals surface area contributed by atoms with Crippen molar-refractivity contribution in [1.29, 1.82) is 0 Å². The molecule has 0 unspecified atom stereocenters. The van der Waals surface area contributed by atoms with Crippen LogP contribution < -0.4 is 4.74 Å². The van der Waals surface area contributed by atoms with Crippen LogP contribution in [0.2, 0.25) is 0 Å². The molecule has 28 heavy (non-hydrogen) atoms. The fourth-order valence-electron chi connectivity index (χ4n) is 3.58. The highest BCUT2D eigenvalue weighted by Crippen LogP contribution is 2.27. The minimum Gasteiger partial charge on any atom is -0.489 e. The lowest BCUT2D eigenvalue weighted by Crippen LogP contribution is -2.25. The first-order valence-corrected chi connectivity index (χ1v) is 10.4. The molecule has 0 N–H and O–H groups in total. The van der Waals surface area contributed by atoms with Gasteiger partial charge in [0.05, 0.1) is 11.1 Å². The molecular formula is C22H25N3O2S. The van der Waals surface area contributed by atoms with E-state index in [-0.39, 0.29) is 5.91 Å². The second-order valence-corrected chi connectivity index (χ2v) is 8.34. The third kappa shape index (κ3) is 3.83. The number of rotatable bonds is 6. The third-order valence-electron chi connectivity index (χ3n) is 5.43. The van der Waals surface area contributed by atoms with Crippen molar-refractivity contribution >= 4 is 17.2 Å². The first-order valence-electron chi connectivity index (χ1n) is 9.56. The van der Waals surface area contributed by atoms with E-state index in [1.54, 1.807) is 4.90 Å². The molecule has 3 aromatic rings. The molecule has 6 heteroatoms. The van der Waals surface area contributed by atoms with E-state index in [2.05, 4.69) is 17.2 Å². The van der Waals surface area contributed by atoms with Crippen LogP contribution in [0.1, 0.15) is 44.0 Å². The predicted octanol–water partition coefficient (Wildman–Crippen LogP) is 4.13. The minimum atomic E-state index is 0.0250. The van der Waals surface area contributed by atoms with Crippen molar-refractivity contribution in [2.75, 3.05) is 7.05 Å². The average molecular weight is 396 g/mol. The normalized spacial score (nSPS) is 12.8. The Kier molecular flexibility index (Phi) is 5.22. The lowest BCUT2D eigenvalue weighted by molar-refractivity contribution is 0.0789. The molecular weight excluding hydrogens is 370 g/mol. The Balaban J connectivity index is 1.36. The van der Waals surface area contributed by atoms with E-state index >= 15 is 0 Å². The Morgan fingerprint density at radius 2 is 2.11 bits per heavy atom. The first-order chi connectivity index (χ1) is 13.5. The van der Waals surface area contributed by atoms with Gasteiger partial charge >= 0.3 is 0 Å². The highest BCUT2D eigenvalue weighted by atomic mass is 32.1. The molecule has 4 rings (SSSR count). The molecule has 0 saturated carbocycles. The van der Waals surface area contributed by atoms with Crippen molar-refractivity contribution in [1.82, 2.24) is 14.7 Å². The number of benzene rings is 1. The zero-order valence-corrected chi connectivity index (χ0v) is 17.4. The largest absolute Gasteiger partial charge is 0.489 e. The summed E-state index contributed by atoms with van der Waals surface area (Å²) in [6.07, 6.45) is 5.38. The van der Waals surface area contributed by atoms with Crippen molar-refractivity contribution in [2.24, 2.45) is 7.05 Å². The SMILES string of the molecule is Cc1c(CN(C)C(=O)c2cc(COc3ccc4c(c3)CCC4)cs2)cnn1C. The van der Waals surface area contributed by atoms with Crippen LogP contribution in [0, 0.1) is 6.92 Å². The molecule has 5 nitrogen and oxygen atoms in total. The maximum absolute atomic E-state index is 12.8. The van der Waals surface area contributed by atoms with Crippen molar-refractivity contribution < 1.29 is 9.53 Å². The molecule has 0 spiro atoms. The lowest BCUT2D eigenvalue weighted by Gasteiger charge is -2.15. The Hall–Kier alpha value is -2.60. The van der Waals surface area contributed by atoms with Crippen molar-refractivity contribution in [3.8, 4) is 5.75 Å². The molecule has 1 aliphatic carbocycles. The second kappa shape index (κ2) is 7.80. The number of fused-ring (bicyclic) bond motifs is 1. The summed E-state index contributed by atoms with van der Waals surface area (Å²) in [4.78, 5) is 15.2. The molecule has 0 radical (unpaired) electrons. The van der Waals surface area contributed by atoms with E-state index in [9.17, 15) is 4.79 Å². The Morgan fingerprint density at radius 3 is 2.89 bits per heavy atom. The molecule has 146 valence electrons. The monoisotopic (exact) mass is 395 g/mol. The number of thiophene rings is 1. The summed E-state index contributed by atoms with van der Waals surface area (Å²) in [5.41, 5.74) is 6.03. The molecule has 1 aliphatic rings. The molecule has 0 saturated heterocycles. The van der Waals surface area contributed by atoms with E-state index < -0.39 is 0 Å². The highest BCUT2D eigenvalue weighted by Gasteiger charge is 2.17. The van der Waals surface area contributed by atoms with Crippen molar-refractivity contribution in [3.05, 3.63) is 68.7 Å². The number of nitrogens with zero attached hydrogens (tertiary/aromatic N) is 3. The molecule has 0 fully saturated rings. The number of hydrogen-bond acceptors (Lipinski definition) is 4. The summed E-state index contributed by atoms with van der Waals surface area (Å²) < 4.78 is 7.78. The molecule has 0 atom stereocenters. The van der Waals surface area contributed by atoms with E-state index in [1.165, 1.54) is 35.3 Å². The van der Waals surface area contributed by atoms with Gasteiger partial charge in [0.25, 0.3) is 5.91 Å². The summed E-state index contributed by atoms with van der Waals surface area (Å²) in [7, 11) is 3.74. The van der Waals surface area contributed by atoms with Crippen LogP contribution in [0.25, 0.3) is 0 Å². The van der Waals surface area contributed by atoms with Gasteiger partial charge in [-0.25, -0.2) is 0 Å². The van der Waals surface area contributed by atoms with Crippen LogP contribution in [0.3, 0.4) is 0 Å². The van der Waals surface area contributed by atoms with Gasteiger partial charge in [-0.15, -0.1) is 11.3 Å². The molecule has 1 aromatic carbocycles. The minimum absolute atomic E-state index is 0.0250. The topological polar surface area (TPSA) is 47.4 Å². The van der Waals surface area contributed by atoms with Crippen LogP contribution >= 0.6 is 11.3 Å². The number of aryl methyl sites for hydroxylation is 3. The zero-order chi connectivity index (χ0) is 19.7. The Labute approximate surface area is 169 Å². The van der Waals surface area contributed by atoms with Gasteiger partial charge in [-0.3, -0.25) is 9.48 Å². The number of hydrogen-bond donors (Lipinski definition) is 0. The zero-order valence-electron chi connectivity index (χ0n) is 16.6. The Morgan fingerprint density at radius 1 is 1.29 bits per heavy atom. The van der Waals surface area contributed by atoms with E-state index in [1.807, 2.05) is 49.4 Å². The standard InChI is InChI=1S/C22H25N3O2S/c1-15-19(11-23-25(15)3)12-24(2)22(26)21-9-16(14-28-21)13-27-20-8-7-17-5-4-6-18(17)10-20/h7-11,14H,4-6,12-13H2,1-3H3. The van der Waals surface area contributed by atoms with Gasteiger partial charge in [0, 0.05) is 37.5 Å². The number of aromatic nitrogens is 2. The van der Waals surface area contributed by atoms with Gasteiger partial charge in [0.1, 0.15) is 12.4 Å². The van der Waals surface area contributed by atoms with Crippen LogP contribution in [-0.4, -0.2) is 27.6 Å². The number of carbonyl (C=O) groups is 1. The third-order valence-corrected chi connectivity index (χ3v) is 6.40. The van der Waals surface area contributed by atoms with E-state index in [4.69, 9.17) is 4.74 Å². The fraction of sp³-hybridized carbons (Fsp3) is 0.364. The van der Waals surface area contributed by atoms with Gasteiger partial charge in [0.15, 0.2) is 0 Å². The average Bonchev–Trinajstić information content (AvgIpc) is 3.42. The summed E-state index contributed by atoms with van der Waals surface area (Å²) >= 11 is 1.47. The second-order valence-electron chi connectivity index (χ2n) is 7.43. The van der Waals surface area contributed by atoms with Gasteiger partial charge in [0.2, 0.25) is 0 Å². The smallest absolute Gasteiger partial charge is 0.263 e. The van der Waals surface area contributed by atoms with E-state index in [0.29, 0.717) is 13.2 Å². The summed E-state index contributed by atoms with van der Waals surface area (Å²) in [5, 5.41) is 6.25. The van der Waals surface area contributed by atoms with Crippen LogP contribution in [0.4, 0.5) is 0 Å². The molecule has 1 amide bonds. The fourth-order valence-corrected chi connectivity index (χ4v) is 4.47. The predicted molar refractivity (Wildman–Crippen MR) is 111 cm³/mol. The maximum atomic E-state index is 12.8. The molecule has 2 heterocycles. The number of ether oxygens (including phenoxy) is 1. The molecule has 0 aliphatic heterocycles.